The summed E-state index contributed by atoms with van der Waals surface area (Å²) in [6.07, 6.45) is 0.410. The third kappa shape index (κ3) is 3.50. The SMILES string of the molecule is CC1=CC23C(C)CC4C(C(C=C(CO)C(O)C2(O)C1OC(=O)c1ccccc1OC(C)C)C3O)C4(C)C. The van der Waals surface area contributed by atoms with E-state index in [1.54, 1.807) is 37.3 Å². The van der Waals surface area contributed by atoms with Crippen molar-refractivity contribution in [2.75, 3.05) is 6.61 Å². The first-order valence-corrected chi connectivity index (χ1v) is 13.4. The smallest absolute Gasteiger partial charge is 0.342 e. The first kappa shape index (κ1) is 26.4. The molecule has 2 bridgehead atoms. The maximum Gasteiger partial charge on any atom is 0.342 e. The number of fused-ring (bicyclic) bond motifs is 3. The average Bonchev–Trinajstić information content (AvgIpc) is 3.32. The molecular formula is C30H40O7. The summed E-state index contributed by atoms with van der Waals surface area (Å²) in [5, 5.41) is 46.6. The average molecular weight is 513 g/mol. The van der Waals surface area contributed by atoms with Crippen LogP contribution in [0.4, 0.5) is 0 Å². The van der Waals surface area contributed by atoms with Crippen molar-refractivity contribution in [1.82, 2.24) is 0 Å². The van der Waals surface area contributed by atoms with E-state index in [0.29, 0.717) is 17.2 Å². The molecule has 9 unspecified atom stereocenters. The largest absolute Gasteiger partial charge is 0.490 e. The molecule has 0 heterocycles. The van der Waals surface area contributed by atoms with E-state index >= 15 is 0 Å². The molecule has 7 nitrogen and oxygen atoms in total. The highest BCUT2D eigenvalue weighted by Gasteiger charge is 2.76. The number of hydrogen-bond acceptors (Lipinski definition) is 7. The van der Waals surface area contributed by atoms with Gasteiger partial charge in [-0.3, -0.25) is 0 Å². The van der Waals surface area contributed by atoms with Gasteiger partial charge in [-0.25, -0.2) is 4.79 Å². The highest BCUT2D eigenvalue weighted by molar-refractivity contribution is 5.92. The van der Waals surface area contributed by atoms with Gasteiger partial charge in [-0.1, -0.05) is 45.1 Å². The van der Waals surface area contributed by atoms with Gasteiger partial charge in [0.25, 0.3) is 0 Å². The summed E-state index contributed by atoms with van der Waals surface area (Å²) in [4.78, 5) is 13.5. The molecule has 1 spiro atoms. The van der Waals surface area contributed by atoms with E-state index in [4.69, 9.17) is 9.47 Å². The molecule has 2 saturated carbocycles. The molecule has 0 aliphatic heterocycles. The van der Waals surface area contributed by atoms with E-state index in [1.165, 1.54) is 0 Å². The standard InChI is InChI=1S/C30H40O7/c1-15(2)36-22-10-8-7-9-19(22)27(34)37-26-16(3)13-29-17(4)11-21-23(28(21,5)6)20(25(29)33)12-18(14-31)24(32)30(26,29)35/h7-10,12-13,15,17,20-21,23-26,31-33,35H,11,14H2,1-6H3. The van der Waals surface area contributed by atoms with Gasteiger partial charge in [0, 0.05) is 5.92 Å². The van der Waals surface area contributed by atoms with E-state index in [9.17, 15) is 25.2 Å². The fourth-order valence-electron chi connectivity index (χ4n) is 8.07. The van der Waals surface area contributed by atoms with E-state index in [-0.39, 0.29) is 40.4 Å². The maximum absolute atomic E-state index is 13.5. The minimum Gasteiger partial charge on any atom is -0.490 e. The number of carbonyl (C=O) groups excluding carboxylic acids is 1. The number of carbonyl (C=O) groups is 1. The van der Waals surface area contributed by atoms with Crippen molar-refractivity contribution in [3.05, 3.63) is 53.1 Å². The number of esters is 1. The van der Waals surface area contributed by atoms with Crippen molar-refractivity contribution in [3.8, 4) is 5.75 Å². The third-order valence-corrected chi connectivity index (χ3v) is 9.86. The highest BCUT2D eigenvalue weighted by atomic mass is 16.6. The first-order valence-electron chi connectivity index (χ1n) is 13.4. The monoisotopic (exact) mass is 512 g/mol. The molecule has 5 rings (SSSR count). The molecule has 0 radical (unpaired) electrons. The molecule has 4 aliphatic rings. The van der Waals surface area contributed by atoms with Crippen LogP contribution >= 0.6 is 0 Å². The number of hydrogen-bond donors (Lipinski definition) is 4. The Morgan fingerprint density at radius 2 is 1.86 bits per heavy atom. The lowest BCUT2D eigenvalue weighted by Gasteiger charge is -2.52. The zero-order valence-electron chi connectivity index (χ0n) is 22.5. The van der Waals surface area contributed by atoms with E-state index in [2.05, 4.69) is 13.8 Å². The number of aliphatic hydroxyl groups is 4. The second-order valence-corrected chi connectivity index (χ2v) is 12.5. The van der Waals surface area contributed by atoms with Crippen LogP contribution in [0, 0.1) is 34.5 Å². The van der Waals surface area contributed by atoms with Crippen LogP contribution in [0.1, 0.15) is 58.3 Å². The van der Waals surface area contributed by atoms with Crippen molar-refractivity contribution in [3.63, 3.8) is 0 Å². The summed E-state index contributed by atoms with van der Waals surface area (Å²) in [5.41, 5.74) is -2.30. The predicted octanol–water partition coefficient (Wildman–Crippen LogP) is 3.26. The Hall–Kier alpha value is -2.19. The zero-order chi connectivity index (χ0) is 27.1. The van der Waals surface area contributed by atoms with Gasteiger partial charge >= 0.3 is 5.97 Å². The molecule has 0 amide bonds. The Morgan fingerprint density at radius 3 is 2.51 bits per heavy atom. The Kier molecular flexibility index (Phi) is 6.19. The molecule has 4 N–H and O–H groups in total. The molecule has 2 fully saturated rings. The Bertz CT molecular complexity index is 1150. The van der Waals surface area contributed by atoms with Gasteiger partial charge in [-0.2, -0.15) is 0 Å². The highest BCUT2D eigenvalue weighted by Crippen LogP contribution is 2.72. The molecule has 0 saturated heterocycles. The van der Waals surface area contributed by atoms with Crippen LogP contribution in [0.3, 0.4) is 0 Å². The number of benzene rings is 1. The fraction of sp³-hybridized carbons (Fsp3) is 0.633. The van der Waals surface area contributed by atoms with Gasteiger partial charge < -0.3 is 29.9 Å². The zero-order valence-corrected chi connectivity index (χ0v) is 22.5. The lowest BCUT2D eigenvalue weighted by Crippen LogP contribution is -2.66. The minimum atomic E-state index is -2.07. The molecule has 9 atom stereocenters. The van der Waals surface area contributed by atoms with Gasteiger partial charge in [0.2, 0.25) is 0 Å². The van der Waals surface area contributed by atoms with Crippen LogP contribution in [-0.2, 0) is 4.74 Å². The second kappa shape index (κ2) is 8.67. The third-order valence-electron chi connectivity index (χ3n) is 9.86. The summed E-state index contributed by atoms with van der Waals surface area (Å²) >= 11 is 0. The van der Waals surface area contributed by atoms with Gasteiger partial charge in [0.15, 0.2) is 6.10 Å². The summed E-state index contributed by atoms with van der Waals surface area (Å²) in [6, 6.07) is 6.76. The summed E-state index contributed by atoms with van der Waals surface area (Å²) < 4.78 is 11.8. The van der Waals surface area contributed by atoms with E-state index in [1.807, 2.05) is 26.8 Å². The molecule has 202 valence electrons. The van der Waals surface area contributed by atoms with Crippen LogP contribution in [0.2, 0.25) is 0 Å². The summed E-state index contributed by atoms with van der Waals surface area (Å²) in [5.74, 6) is -0.394. The molecule has 0 aromatic heterocycles. The number of ether oxygens (including phenoxy) is 2. The van der Waals surface area contributed by atoms with E-state index < -0.39 is 41.9 Å². The topological polar surface area (TPSA) is 116 Å². The molecule has 4 aliphatic carbocycles. The lowest BCUT2D eigenvalue weighted by atomic mass is 9.58. The van der Waals surface area contributed by atoms with E-state index in [0.717, 1.165) is 6.42 Å². The van der Waals surface area contributed by atoms with Crippen LogP contribution in [0.25, 0.3) is 0 Å². The first-order chi connectivity index (χ1) is 17.3. The molecule has 37 heavy (non-hydrogen) atoms. The number of rotatable bonds is 5. The summed E-state index contributed by atoms with van der Waals surface area (Å²) in [7, 11) is 0. The molecule has 1 aromatic carbocycles. The number of para-hydroxylation sites is 1. The second-order valence-electron chi connectivity index (χ2n) is 12.5. The van der Waals surface area contributed by atoms with Gasteiger partial charge in [-0.15, -0.1) is 0 Å². The Labute approximate surface area is 218 Å². The Morgan fingerprint density at radius 1 is 1.19 bits per heavy atom. The number of aliphatic hydroxyl groups excluding tert-OH is 3. The normalized spacial score (nSPS) is 41.5. The van der Waals surface area contributed by atoms with Crippen LogP contribution < -0.4 is 4.74 Å². The van der Waals surface area contributed by atoms with Gasteiger partial charge in [0.1, 0.15) is 23.0 Å². The fourth-order valence-corrected chi connectivity index (χ4v) is 8.07. The summed E-state index contributed by atoms with van der Waals surface area (Å²) in [6.45, 7) is 11.4. The molecule has 1 aromatic rings. The predicted molar refractivity (Wildman–Crippen MR) is 138 cm³/mol. The molecular weight excluding hydrogens is 472 g/mol. The van der Waals surface area contributed by atoms with Crippen LogP contribution in [0.15, 0.2) is 47.6 Å². The maximum atomic E-state index is 13.5. The van der Waals surface area contributed by atoms with Crippen molar-refractivity contribution < 1.29 is 34.7 Å². The van der Waals surface area contributed by atoms with Gasteiger partial charge in [0.05, 0.1) is 24.2 Å². The minimum absolute atomic E-state index is 0.00927. The van der Waals surface area contributed by atoms with Crippen molar-refractivity contribution in [2.24, 2.45) is 34.5 Å². The molecule has 7 heteroatoms. The van der Waals surface area contributed by atoms with Crippen molar-refractivity contribution in [2.45, 2.75) is 78.0 Å². The van der Waals surface area contributed by atoms with Crippen LogP contribution in [-0.4, -0.2) is 63.0 Å². The quantitative estimate of drug-likeness (QED) is 0.353. The lowest BCUT2D eigenvalue weighted by molar-refractivity contribution is -0.215. The van der Waals surface area contributed by atoms with Crippen molar-refractivity contribution in [1.29, 1.82) is 0 Å². The van der Waals surface area contributed by atoms with Crippen LogP contribution in [0.5, 0.6) is 5.75 Å². The van der Waals surface area contributed by atoms with Crippen molar-refractivity contribution >= 4 is 5.97 Å². The van der Waals surface area contributed by atoms with Gasteiger partial charge in [-0.05, 0) is 73.6 Å². The Balaban J connectivity index is 1.60.